The van der Waals surface area contributed by atoms with Crippen molar-refractivity contribution in [1.29, 1.82) is 0 Å². The summed E-state index contributed by atoms with van der Waals surface area (Å²) < 4.78 is 0. The molecule has 0 amide bonds. The molecule has 1 aromatic rings. The molecule has 0 radical (unpaired) electrons. The fourth-order valence-electron chi connectivity index (χ4n) is 2.38. The van der Waals surface area contributed by atoms with Gasteiger partial charge in [-0.05, 0) is 19.8 Å². The third kappa shape index (κ3) is 2.77. The van der Waals surface area contributed by atoms with Crippen molar-refractivity contribution in [3.63, 3.8) is 0 Å². The van der Waals surface area contributed by atoms with Crippen molar-refractivity contribution in [3.8, 4) is 0 Å². The van der Waals surface area contributed by atoms with Crippen LogP contribution in [0.1, 0.15) is 45.4 Å². The largest absolute Gasteiger partial charge is 0.337 e. The van der Waals surface area contributed by atoms with E-state index in [0.29, 0.717) is 12.0 Å². The van der Waals surface area contributed by atoms with Gasteiger partial charge >= 0.3 is 0 Å². The Bertz CT molecular complexity index is 344. The Morgan fingerprint density at radius 3 is 2.82 bits per heavy atom. The summed E-state index contributed by atoms with van der Waals surface area (Å²) in [5.74, 6) is 2.41. The zero-order chi connectivity index (χ0) is 12.3. The Morgan fingerprint density at radius 2 is 2.18 bits per heavy atom. The minimum absolute atomic E-state index is 0.511. The first kappa shape index (κ1) is 12.4. The van der Waals surface area contributed by atoms with Crippen molar-refractivity contribution in [1.82, 2.24) is 20.5 Å². The number of aromatic nitrogens is 3. The van der Waals surface area contributed by atoms with E-state index in [-0.39, 0.29) is 0 Å². The number of hydrogen-bond donors (Lipinski definition) is 2. The van der Waals surface area contributed by atoms with E-state index in [4.69, 9.17) is 0 Å². The Morgan fingerprint density at radius 1 is 1.41 bits per heavy atom. The zero-order valence-corrected chi connectivity index (χ0v) is 11.0. The van der Waals surface area contributed by atoms with Crippen LogP contribution < -0.4 is 10.2 Å². The topological polar surface area (TPSA) is 56.8 Å². The summed E-state index contributed by atoms with van der Waals surface area (Å²) in [4.78, 5) is 6.90. The Labute approximate surface area is 103 Å². The third-order valence-corrected chi connectivity index (χ3v) is 3.51. The van der Waals surface area contributed by atoms with E-state index in [2.05, 4.69) is 46.2 Å². The van der Waals surface area contributed by atoms with Gasteiger partial charge in [-0.25, -0.2) is 0 Å². The highest BCUT2D eigenvalue weighted by molar-refractivity contribution is 5.30. The molecule has 5 nitrogen and oxygen atoms in total. The molecule has 2 heterocycles. The summed E-state index contributed by atoms with van der Waals surface area (Å²) in [5, 5.41) is 10.9. The molecule has 1 aromatic heterocycles. The molecule has 1 aliphatic rings. The number of anilines is 1. The number of nitrogens with one attached hydrogen (secondary N) is 2. The van der Waals surface area contributed by atoms with E-state index >= 15 is 0 Å². The Balaban J connectivity index is 2.06. The molecule has 0 saturated carbocycles. The van der Waals surface area contributed by atoms with Gasteiger partial charge in [0.25, 0.3) is 0 Å². The quantitative estimate of drug-likeness (QED) is 0.833. The molecular weight excluding hydrogens is 214 g/mol. The molecule has 0 spiro atoms. The van der Waals surface area contributed by atoms with Gasteiger partial charge in [0.05, 0.1) is 0 Å². The van der Waals surface area contributed by atoms with Gasteiger partial charge in [0, 0.05) is 31.6 Å². The lowest BCUT2D eigenvalue weighted by atomic mass is 10.0. The molecule has 1 fully saturated rings. The van der Waals surface area contributed by atoms with Crippen molar-refractivity contribution in [2.45, 2.75) is 45.6 Å². The number of nitrogens with zero attached hydrogens (tertiary/aromatic N) is 3. The first-order valence-corrected chi connectivity index (χ1v) is 6.65. The van der Waals surface area contributed by atoms with Gasteiger partial charge in [-0.15, -0.1) is 5.10 Å². The van der Waals surface area contributed by atoms with Crippen molar-refractivity contribution in [3.05, 3.63) is 5.82 Å². The molecule has 0 aromatic carbocycles. The number of aromatic amines is 1. The third-order valence-electron chi connectivity index (χ3n) is 3.51. The first-order valence-electron chi connectivity index (χ1n) is 6.65. The molecular formula is C12H23N5. The van der Waals surface area contributed by atoms with Crippen LogP contribution in [-0.2, 0) is 0 Å². The van der Waals surface area contributed by atoms with E-state index < -0.39 is 0 Å². The van der Waals surface area contributed by atoms with Gasteiger partial charge < -0.3 is 10.2 Å². The highest BCUT2D eigenvalue weighted by Crippen LogP contribution is 2.21. The second kappa shape index (κ2) is 5.49. The molecule has 1 saturated heterocycles. The summed E-state index contributed by atoms with van der Waals surface area (Å²) in [6.45, 7) is 9.58. The molecule has 2 N–H and O–H groups in total. The number of H-pyrrole nitrogens is 1. The van der Waals surface area contributed by atoms with Crippen LogP contribution in [0.25, 0.3) is 0 Å². The highest BCUT2D eigenvalue weighted by atomic mass is 15.4. The molecule has 1 atom stereocenters. The minimum atomic E-state index is 0.511. The zero-order valence-electron chi connectivity index (χ0n) is 11.0. The molecule has 1 aliphatic heterocycles. The van der Waals surface area contributed by atoms with E-state index in [9.17, 15) is 0 Å². The van der Waals surface area contributed by atoms with Crippen LogP contribution in [0.3, 0.4) is 0 Å². The van der Waals surface area contributed by atoms with Gasteiger partial charge in [-0.2, -0.15) is 4.98 Å². The van der Waals surface area contributed by atoms with E-state index in [1.54, 1.807) is 0 Å². The number of hydrogen-bond acceptors (Lipinski definition) is 4. The maximum absolute atomic E-state index is 4.64. The van der Waals surface area contributed by atoms with Crippen LogP contribution >= 0.6 is 0 Å². The maximum Gasteiger partial charge on any atom is 0.244 e. The van der Waals surface area contributed by atoms with E-state index in [1.807, 2.05) is 0 Å². The number of piperazine rings is 1. The van der Waals surface area contributed by atoms with Crippen LogP contribution in [0.5, 0.6) is 0 Å². The molecule has 0 unspecified atom stereocenters. The summed E-state index contributed by atoms with van der Waals surface area (Å²) >= 11 is 0. The van der Waals surface area contributed by atoms with Crippen LogP contribution in [0.15, 0.2) is 0 Å². The number of rotatable bonds is 4. The fraction of sp³-hybridized carbons (Fsp3) is 0.833. The molecule has 0 bridgehead atoms. The summed E-state index contributed by atoms with van der Waals surface area (Å²) in [5.41, 5.74) is 0. The first-order chi connectivity index (χ1) is 8.24. The molecule has 17 heavy (non-hydrogen) atoms. The average Bonchev–Trinajstić information content (AvgIpc) is 2.80. The fourth-order valence-corrected chi connectivity index (χ4v) is 2.38. The van der Waals surface area contributed by atoms with Crippen LogP contribution in [0.2, 0.25) is 0 Å². The second-order valence-electron chi connectivity index (χ2n) is 4.84. The van der Waals surface area contributed by atoms with Crippen LogP contribution in [-0.4, -0.2) is 40.9 Å². The highest BCUT2D eigenvalue weighted by Gasteiger charge is 2.20. The molecule has 2 rings (SSSR count). The summed E-state index contributed by atoms with van der Waals surface area (Å²) in [6.07, 6.45) is 2.23. The second-order valence-corrected chi connectivity index (χ2v) is 4.84. The minimum Gasteiger partial charge on any atom is -0.337 e. The molecule has 0 aliphatic carbocycles. The van der Waals surface area contributed by atoms with Crippen molar-refractivity contribution < 1.29 is 0 Å². The predicted octanol–water partition coefficient (Wildman–Crippen LogP) is 1.51. The Hall–Kier alpha value is -1.10. The standard InChI is InChI=1S/C12H23N5/c1-4-10(5-2)11-14-12(16-15-11)17-7-6-13-9(3)8-17/h9-10,13H,4-8H2,1-3H3,(H,14,15,16)/t9-/m1/s1. The van der Waals surface area contributed by atoms with Crippen LogP contribution in [0, 0.1) is 0 Å². The van der Waals surface area contributed by atoms with Gasteiger partial charge in [0.15, 0.2) is 0 Å². The molecule has 96 valence electrons. The van der Waals surface area contributed by atoms with Crippen molar-refractivity contribution in [2.75, 3.05) is 24.5 Å². The predicted molar refractivity (Wildman–Crippen MR) is 69.4 cm³/mol. The van der Waals surface area contributed by atoms with Gasteiger partial charge in [-0.3, -0.25) is 5.10 Å². The summed E-state index contributed by atoms with van der Waals surface area (Å²) in [6, 6.07) is 0.513. The lowest BCUT2D eigenvalue weighted by Gasteiger charge is -2.30. The van der Waals surface area contributed by atoms with Gasteiger partial charge in [-0.1, -0.05) is 13.8 Å². The Kier molecular flexibility index (Phi) is 3.99. The monoisotopic (exact) mass is 237 g/mol. The smallest absolute Gasteiger partial charge is 0.244 e. The lowest BCUT2D eigenvalue weighted by Crippen LogP contribution is -2.49. The lowest BCUT2D eigenvalue weighted by molar-refractivity contribution is 0.479. The summed E-state index contributed by atoms with van der Waals surface area (Å²) in [7, 11) is 0. The van der Waals surface area contributed by atoms with Crippen molar-refractivity contribution >= 4 is 5.95 Å². The SMILES string of the molecule is CCC(CC)c1nc(N2CCN[C@H](C)C2)n[nH]1. The normalized spacial score (nSPS) is 21.2. The average molecular weight is 237 g/mol. The van der Waals surface area contributed by atoms with Crippen LogP contribution in [0.4, 0.5) is 5.95 Å². The van der Waals surface area contributed by atoms with E-state index in [1.165, 1.54) is 0 Å². The maximum atomic E-state index is 4.64. The van der Waals surface area contributed by atoms with E-state index in [0.717, 1.165) is 44.2 Å². The van der Waals surface area contributed by atoms with Gasteiger partial charge in [0.2, 0.25) is 5.95 Å². The van der Waals surface area contributed by atoms with Crippen molar-refractivity contribution in [2.24, 2.45) is 0 Å². The molecule has 5 heteroatoms. The van der Waals surface area contributed by atoms with Gasteiger partial charge in [0.1, 0.15) is 5.82 Å².